The van der Waals surface area contributed by atoms with E-state index in [-0.39, 0.29) is 23.3 Å². The topological polar surface area (TPSA) is 106 Å². The molecule has 3 heterocycles. The SMILES string of the molecule is O=C(CCn1nnc2cc(S(=O)(=O)N3CCCCC3)ccc21)NCC1CCCO1. The molecule has 0 bridgehead atoms. The van der Waals surface area contributed by atoms with Crippen LogP contribution in [0.5, 0.6) is 0 Å². The zero-order chi connectivity index (χ0) is 20.3. The minimum Gasteiger partial charge on any atom is -0.376 e. The largest absolute Gasteiger partial charge is 0.376 e. The summed E-state index contributed by atoms with van der Waals surface area (Å²) in [5.41, 5.74) is 1.23. The number of aryl methyl sites for hydroxylation is 1. The van der Waals surface area contributed by atoms with Gasteiger partial charge in [0.15, 0.2) is 0 Å². The second-order valence-electron chi connectivity index (χ2n) is 7.62. The summed E-state index contributed by atoms with van der Waals surface area (Å²) in [5, 5.41) is 11.1. The number of carbonyl (C=O) groups excluding carboxylic acids is 1. The minimum absolute atomic E-state index is 0.0616. The van der Waals surface area contributed by atoms with Gasteiger partial charge in [-0.3, -0.25) is 4.79 Å². The number of benzene rings is 1. The van der Waals surface area contributed by atoms with Crippen molar-refractivity contribution in [3.05, 3.63) is 18.2 Å². The Morgan fingerprint density at radius 3 is 2.79 bits per heavy atom. The average molecular weight is 422 g/mol. The van der Waals surface area contributed by atoms with Crippen molar-refractivity contribution in [2.75, 3.05) is 26.2 Å². The molecular weight excluding hydrogens is 394 g/mol. The van der Waals surface area contributed by atoms with Gasteiger partial charge in [0.05, 0.1) is 23.1 Å². The number of nitrogens with zero attached hydrogens (tertiary/aromatic N) is 4. The molecule has 0 aliphatic carbocycles. The Kier molecular flexibility index (Phi) is 6.12. The molecule has 9 nitrogen and oxygen atoms in total. The summed E-state index contributed by atoms with van der Waals surface area (Å²) in [5.74, 6) is -0.0616. The van der Waals surface area contributed by atoms with E-state index in [0.717, 1.165) is 44.2 Å². The number of ether oxygens (including phenoxy) is 1. The van der Waals surface area contributed by atoms with E-state index in [0.29, 0.717) is 31.7 Å². The quantitative estimate of drug-likeness (QED) is 0.722. The van der Waals surface area contributed by atoms with E-state index in [1.165, 1.54) is 0 Å². The second-order valence-corrected chi connectivity index (χ2v) is 9.55. The van der Waals surface area contributed by atoms with Crippen LogP contribution in [-0.4, -0.2) is 66.0 Å². The monoisotopic (exact) mass is 421 g/mol. The van der Waals surface area contributed by atoms with Crippen LogP contribution in [0.3, 0.4) is 0 Å². The van der Waals surface area contributed by atoms with Crippen LogP contribution in [0.2, 0.25) is 0 Å². The standard InChI is InChI=1S/C19H27N5O4S/c25-19(20-14-15-5-4-12-28-15)8-11-24-18-7-6-16(13-17(18)21-22-24)29(26,27)23-9-2-1-3-10-23/h6-7,13,15H,1-5,8-12,14H2,(H,20,25). The Hall–Kier alpha value is -2.04. The molecule has 1 unspecified atom stereocenters. The molecule has 0 spiro atoms. The predicted octanol–water partition coefficient (Wildman–Crippen LogP) is 1.29. The lowest BCUT2D eigenvalue weighted by atomic mass is 10.2. The van der Waals surface area contributed by atoms with E-state index >= 15 is 0 Å². The fraction of sp³-hybridized carbons (Fsp3) is 0.632. The lowest BCUT2D eigenvalue weighted by Crippen LogP contribution is -2.35. The number of hydrogen-bond acceptors (Lipinski definition) is 6. The molecule has 158 valence electrons. The Morgan fingerprint density at radius 1 is 1.21 bits per heavy atom. The van der Waals surface area contributed by atoms with E-state index in [4.69, 9.17) is 4.74 Å². The number of aromatic nitrogens is 3. The van der Waals surface area contributed by atoms with Crippen molar-refractivity contribution in [3.63, 3.8) is 0 Å². The molecule has 1 N–H and O–H groups in total. The van der Waals surface area contributed by atoms with Gasteiger partial charge in [-0.05, 0) is 43.9 Å². The summed E-state index contributed by atoms with van der Waals surface area (Å²) in [4.78, 5) is 12.3. The van der Waals surface area contributed by atoms with Crippen molar-refractivity contribution in [1.82, 2.24) is 24.6 Å². The Bertz CT molecular complexity index is 962. The third-order valence-corrected chi connectivity index (χ3v) is 7.43. The third kappa shape index (κ3) is 4.59. The number of piperidine rings is 1. The summed E-state index contributed by atoms with van der Waals surface area (Å²) in [6.45, 7) is 2.81. The zero-order valence-corrected chi connectivity index (χ0v) is 17.2. The van der Waals surface area contributed by atoms with Crippen LogP contribution >= 0.6 is 0 Å². The van der Waals surface area contributed by atoms with Gasteiger partial charge in [-0.2, -0.15) is 4.31 Å². The van der Waals surface area contributed by atoms with E-state index < -0.39 is 10.0 Å². The van der Waals surface area contributed by atoms with Crippen molar-refractivity contribution in [2.24, 2.45) is 0 Å². The number of sulfonamides is 1. The number of rotatable bonds is 7. The van der Waals surface area contributed by atoms with Crippen LogP contribution in [0.25, 0.3) is 11.0 Å². The Balaban J connectivity index is 1.39. The lowest BCUT2D eigenvalue weighted by molar-refractivity contribution is -0.121. The Labute approximate surface area is 170 Å². The molecule has 2 aliphatic rings. The molecule has 2 fully saturated rings. The molecule has 1 aromatic heterocycles. The van der Waals surface area contributed by atoms with Gasteiger partial charge in [0.25, 0.3) is 0 Å². The average Bonchev–Trinajstić information content (AvgIpc) is 3.40. The highest BCUT2D eigenvalue weighted by Gasteiger charge is 2.26. The van der Waals surface area contributed by atoms with Gasteiger partial charge in [0, 0.05) is 32.7 Å². The summed E-state index contributed by atoms with van der Waals surface area (Å²) in [6.07, 6.45) is 5.28. The van der Waals surface area contributed by atoms with Crippen molar-refractivity contribution < 1.29 is 17.9 Å². The Morgan fingerprint density at radius 2 is 2.03 bits per heavy atom. The molecule has 4 rings (SSSR count). The van der Waals surface area contributed by atoms with Crippen LogP contribution in [0.15, 0.2) is 23.1 Å². The first-order valence-electron chi connectivity index (χ1n) is 10.3. The van der Waals surface area contributed by atoms with Crippen molar-refractivity contribution in [1.29, 1.82) is 0 Å². The first-order valence-corrected chi connectivity index (χ1v) is 11.7. The molecule has 0 radical (unpaired) electrons. The number of nitrogens with one attached hydrogen (secondary N) is 1. The van der Waals surface area contributed by atoms with Gasteiger partial charge in [-0.15, -0.1) is 5.10 Å². The van der Waals surface area contributed by atoms with Crippen molar-refractivity contribution in [2.45, 2.75) is 56.1 Å². The van der Waals surface area contributed by atoms with Crippen LogP contribution in [0, 0.1) is 0 Å². The molecule has 1 amide bonds. The van der Waals surface area contributed by atoms with Crippen molar-refractivity contribution in [3.8, 4) is 0 Å². The lowest BCUT2D eigenvalue weighted by Gasteiger charge is -2.25. The molecule has 0 saturated carbocycles. The zero-order valence-electron chi connectivity index (χ0n) is 16.4. The molecular formula is C19H27N5O4S. The van der Waals surface area contributed by atoms with Gasteiger partial charge in [-0.25, -0.2) is 13.1 Å². The van der Waals surface area contributed by atoms with Crippen molar-refractivity contribution >= 4 is 27.0 Å². The smallest absolute Gasteiger partial charge is 0.243 e. The highest BCUT2D eigenvalue weighted by molar-refractivity contribution is 7.89. The van der Waals surface area contributed by atoms with E-state index in [2.05, 4.69) is 15.6 Å². The maximum atomic E-state index is 12.8. The minimum atomic E-state index is -3.51. The molecule has 2 saturated heterocycles. The number of amides is 1. The van der Waals surface area contributed by atoms with Gasteiger partial charge in [-0.1, -0.05) is 11.6 Å². The number of hydrogen-bond donors (Lipinski definition) is 1. The van der Waals surface area contributed by atoms with Gasteiger partial charge >= 0.3 is 0 Å². The van der Waals surface area contributed by atoms with Crippen LogP contribution in [0.1, 0.15) is 38.5 Å². The fourth-order valence-corrected chi connectivity index (χ4v) is 5.40. The van der Waals surface area contributed by atoms with Crippen LogP contribution < -0.4 is 5.32 Å². The maximum Gasteiger partial charge on any atom is 0.243 e. The number of fused-ring (bicyclic) bond motifs is 1. The number of carbonyl (C=O) groups is 1. The van der Waals surface area contributed by atoms with Gasteiger partial charge in [0.2, 0.25) is 15.9 Å². The fourth-order valence-electron chi connectivity index (χ4n) is 3.86. The van der Waals surface area contributed by atoms with Gasteiger partial charge < -0.3 is 10.1 Å². The second kappa shape index (κ2) is 8.76. The molecule has 2 aliphatic heterocycles. The highest BCUT2D eigenvalue weighted by atomic mass is 32.2. The maximum absolute atomic E-state index is 12.8. The van der Waals surface area contributed by atoms with E-state index in [9.17, 15) is 13.2 Å². The normalized spacial score (nSPS) is 20.9. The highest BCUT2D eigenvalue weighted by Crippen LogP contribution is 2.23. The van der Waals surface area contributed by atoms with Crippen LogP contribution in [0.4, 0.5) is 0 Å². The van der Waals surface area contributed by atoms with Gasteiger partial charge in [0.1, 0.15) is 5.52 Å². The summed E-state index contributed by atoms with van der Waals surface area (Å²) >= 11 is 0. The molecule has 10 heteroatoms. The first kappa shape index (κ1) is 20.2. The molecule has 2 aromatic rings. The van der Waals surface area contributed by atoms with E-state index in [1.807, 2.05) is 0 Å². The summed E-state index contributed by atoms with van der Waals surface area (Å²) < 4.78 is 34.4. The third-order valence-electron chi connectivity index (χ3n) is 5.54. The first-order chi connectivity index (χ1) is 14.0. The predicted molar refractivity (Wildman–Crippen MR) is 107 cm³/mol. The molecule has 1 atom stereocenters. The van der Waals surface area contributed by atoms with Crippen LogP contribution in [-0.2, 0) is 26.1 Å². The summed E-state index contributed by atoms with van der Waals surface area (Å²) in [7, 11) is -3.51. The molecule has 29 heavy (non-hydrogen) atoms. The molecule has 1 aromatic carbocycles. The summed E-state index contributed by atoms with van der Waals surface area (Å²) in [6, 6.07) is 4.89. The van der Waals surface area contributed by atoms with E-state index in [1.54, 1.807) is 27.2 Å².